The van der Waals surface area contributed by atoms with Crippen LogP contribution in [0.15, 0.2) is 0 Å². The predicted molar refractivity (Wildman–Crippen MR) is 181 cm³/mol. The van der Waals surface area contributed by atoms with E-state index in [1.54, 1.807) is 0 Å². The molecule has 6 amide bonds. The van der Waals surface area contributed by atoms with Gasteiger partial charge in [0.25, 0.3) is 0 Å². The standard InChI is InChI=1S/C28H48N8O13S.CH4/c29-27(45)36(15-24(41)42)12-11-34(17-48-49-47)9-10-35(14-23(39)40)13-22(38)31-18(26(43)44)5-3-4-8-30-21(37)7-2-1-6-20-25-19(16-50-20)32-28(46)33-25;/h18-20,25,47H,1-17H2,(H2,29,45)(H,30,37)(H,31,38)(H,39,40)(H,41,42)(H,43,44)(H2,32,33,46);1H4. The van der Waals surface area contributed by atoms with Crippen molar-refractivity contribution in [3.05, 3.63) is 0 Å². The van der Waals surface area contributed by atoms with Crippen LogP contribution in [0.3, 0.4) is 0 Å². The lowest BCUT2D eigenvalue weighted by atomic mass is 10.0. The van der Waals surface area contributed by atoms with Crippen LogP contribution in [0, 0.1) is 0 Å². The third-order valence-electron chi connectivity index (χ3n) is 8.03. The second kappa shape index (κ2) is 24.3. The predicted octanol–water partition coefficient (Wildman–Crippen LogP) is -1.26. The number of fused-ring (bicyclic) bond motifs is 1. The van der Waals surface area contributed by atoms with Crippen LogP contribution in [0.2, 0.25) is 0 Å². The molecule has 292 valence electrons. The molecule has 21 nitrogen and oxygen atoms in total. The quantitative estimate of drug-likeness (QED) is 0.0155. The summed E-state index contributed by atoms with van der Waals surface area (Å²) in [4.78, 5) is 90.1. The summed E-state index contributed by atoms with van der Waals surface area (Å²) in [6, 6.07) is -2.09. The Bertz CT molecular complexity index is 1170. The molecule has 4 unspecified atom stereocenters. The van der Waals surface area contributed by atoms with Crippen molar-refractivity contribution in [2.75, 3.05) is 64.8 Å². The number of carboxylic acid groups (broad SMARTS) is 3. The smallest absolute Gasteiger partial charge is 0.326 e. The number of carbonyl (C=O) groups excluding carboxylic acids is 4. The average molecular weight is 753 g/mol. The SMILES string of the molecule is C.NC(=O)N(CCN(CCN(CC(=O)O)CC(=O)NC(CCCCNC(=O)CCCCC1SCC2NC(=O)NC21)C(=O)O)COOO)CC(=O)O. The zero-order valence-corrected chi connectivity index (χ0v) is 28.4. The van der Waals surface area contributed by atoms with E-state index in [0.29, 0.717) is 37.5 Å². The molecule has 0 bridgehead atoms. The number of unbranched alkanes of at least 4 members (excludes halogenated alkanes) is 2. The Morgan fingerprint density at radius 2 is 1.59 bits per heavy atom. The molecule has 0 aliphatic carbocycles. The van der Waals surface area contributed by atoms with Crippen LogP contribution < -0.4 is 27.0 Å². The fourth-order valence-electron chi connectivity index (χ4n) is 5.48. The Kier molecular flexibility index (Phi) is 21.4. The van der Waals surface area contributed by atoms with Gasteiger partial charge in [0, 0.05) is 50.1 Å². The van der Waals surface area contributed by atoms with E-state index in [1.165, 1.54) is 9.80 Å². The highest BCUT2D eigenvalue weighted by Crippen LogP contribution is 2.33. The summed E-state index contributed by atoms with van der Waals surface area (Å²) < 4.78 is 0. The van der Waals surface area contributed by atoms with Crippen LogP contribution in [0.5, 0.6) is 0 Å². The van der Waals surface area contributed by atoms with Gasteiger partial charge in [-0.1, -0.05) is 18.9 Å². The fourth-order valence-corrected chi connectivity index (χ4v) is 7.03. The van der Waals surface area contributed by atoms with Crippen molar-refractivity contribution < 1.29 is 64.1 Å². The number of nitrogens with zero attached hydrogens (tertiary/aromatic N) is 3. The minimum absolute atomic E-state index is 0. The molecule has 4 atom stereocenters. The molecule has 0 aromatic carbocycles. The Morgan fingerprint density at radius 1 is 0.902 bits per heavy atom. The van der Waals surface area contributed by atoms with Gasteiger partial charge in [-0.25, -0.2) is 19.6 Å². The van der Waals surface area contributed by atoms with Crippen LogP contribution in [-0.4, -0.2) is 165 Å². The van der Waals surface area contributed by atoms with Crippen molar-refractivity contribution in [1.82, 2.24) is 36.0 Å². The van der Waals surface area contributed by atoms with E-state index >= 15 is 0 Å². The van der Waals surface area contributed by atoms with Crippen LogP contribution in [0.25, 0.3) is 0 Å². The second-order valence-electron chi connectivity index (χ2n) is 11.9. The molecule has 22 heteroatoms. The lowest BCUT2D eigenvalue weighted by molar-refractivity contribution is -0.499. The lowest BCUT2D eigenvalue weighted by Crippen LogP contribution is -2.49. The highest BCUT2D eigenvalue weighted by atomic mass is 32.2. The van der Waals surface area contributed by atoms with E-state index in [0.717, 1.165) is 23.5 Å². The number of primary amides is 1. The second-order valence-corrected chi connectivity index (χ2v) is 13.1. The molecule has 0 saturated carbocycles. The topological polar surface area (TPSA) is 303 Å². The summed E-state index contributed by atoms with van der Waals surface area (Å²) in [5.74, 6) is -3.82. The Hall–Kier alpha value is -3.96. The molecule has 2 aliphatic rings. The molecule has 2 saturated heterocycles. The van der Waals surface area contributed by atoms with Crippen LogP contribution in [0.1, 0.15) is 52.4 Å². The monoisotopic (exact) mass is 752 g/mol. The number of nitrogens with one attached hydrogen (secondary N) is 4. The molecule has 0 aromatic heterocycles. The van der Waals surface area contributed by atoms with Gasteiger partial charge in [-0.3, -0.25) is 29.0 Å². The first-order valence-corrected chi connectivity index (χ1v) is 17.2. The number of thioether (sulfide) groups is 1. The average Bonchev–Trinajstić information content (AvgIpc) is 3.59. The Morgan fingerprint density at radius 3 is 2.24 bits per heavy atom. The van der Waals surface area contributed by atoms with Gasteiger partial charge in [-0.15, -0.1) is 0 Å². The third-order valence-corrected chi connectivity index (χ3v) is 9.53. The van der Waals surface area contributed by atoms with E-state index in [-0.39, 0.29) is 70.8 Å². The highest BCUT2D eigenvalue weighted by Gasteiger charge is 2.42. The van der Waals surface area contributed by atoms with Gasteiger partial charge in [0.15, 0.2) is 0 Å². The number of carbonyl (C=O) groups is 7. The van der Waals surface area contributed by atoms with Crippen molar-refractivity contribution in [3.63, 3.8) is 0 Å². The van der Waals surface area contributed by atoms with Crippen molar-refractivity contribution in [2.45, 2.75) is 75.7 Å². The molecule has 2 aliphatic heterocycles. The van der Waals surface area contributed by atoms with E-state index < -0.39 is 55.5 Å². The van der Waals surface area contributed by atoms with E-state index in [4.69, 9.17) is 16.1 Å². The van der Waals surface area contributed by atoms with E-state index in [2.05, 4.69) is 31.2 Å². The van der Waals surface area contributed by atoms with Gasteiger partial charge in [-0.05, 0) is 32.1 Å². The highest BCUT2D eigenvalue weighted by molar-refractivity contribution is 8.00. The largest absolute Gasteiger partial charge is 0.480 e. The molecule has 0 spiro atoms. The summed E-state index contributed by atoms with van der Waals surface area (Å²) >= 11 is 1.82. The number of hydrogen-bond donors (Lipinski definition) is 9. The molecule has 0 aromatic rings. The maximum atomic E-state index is 12.7. The minimum atomic E-state index is -1.30. The Labute approximate surface area is 299 Å². The zero-order valence-electron chi connectivity index (χ0n) is 27.6. The minimum Gasteiger partial charge on any atom is -0.480 e. The van der Waals surface area contributed by atoms with E-state index in [9.17, 15) is 43.8 Å². The number of amides is 6. The number of rotatable bonds is 27. The van der Waals surface area contributed by atoms with Crippen molar-refractivity contribution in [1.29, 1.82) is 0 Å². The number of carboxylic acids is 3. The van der Waals surface area contributed by atoms with Gasteiger partial charge >= 0.3 is 30.0 Å². The number of aliphatic carboxylic acids is 3. The summed E-state index contributed by atoms with van der Waals surface area (Å²) in [5, 5.41) is 51.4. The summed E-state index contributed by atoms with van der Waals surface area (Å²) in [7, 11) is 0. The maximum absolute atomic E-state index is 12.7. The first-order chi connectivity index (χ1) is 23.8. The van der Waals surface area contributed by atoms with Crippen LogP contribution in [0.4, 0.5) is 9.59 Å². The van der Waals surface area contributed by atoms with E-state index in [1.807, 2.05) is 11.8 Å². The first kappa shape index (κ1) is 45.1. The molecule has 2 heterocycles. The maximum Gasteiger partial charge on any atom is 0.326 e. The van der Waals surface area contributed by atoms with Crippen LogP contribution >= 0.6 is 11.8 Å². The number of urea groups is 2. The number of hydrogen-bond acceptors (Lipinski definition) is 13. The van der Waals surface area contributed by atoms with Gasteiger partial charge in [-0.2, -0.15) is 16.6 Å². The molecule has 51 heavy (non-hydrogen) atoms. The van der Waals surface area contributed by atoms with Gasteiger partial charge in [0.2, 0.25) is 11.8 Å². The molecule has 2 rings (SSSR count). The summed E-state index contributed by atoms with van der Waals surface area (Å²) in [6.45, 7) is -2.06. The summed E-state index contributed by atoms with van der Waals surface area (Å²) in [5.41, 5.74) is 5.19. The Balaban J connectivity index is 0.0000130. The van der Waals surface area contributed by atoms with Gasteiger partial charge in [0.1, 0.15) is 19.3 Å². The normalized spacial score (nSPS) is 18.3. The number of nitrogens with two attached hydrogens (primary N) is 1. The molecule has 2 fully saturated rings. The first-order valence-electron chi connectivity index (χ1n) is 16.1. The lowest BCUT2D eigenvalue weighted by Gasteiger charge is -2.28. The van der Waals surface area contributed by atoms with Gasteiger partial charge < -0.3 is 47.2 Å². The zero-order chi connectivity index (χ0) is 37.1. The molecule has 0 radical (unpaired) electrons. The van der Waals surface area contributed by atoms with Crippen molar-refractivity contribution in [2.24, 2.45) is 5.73 Å². The fraction of sp³-hybridized carbons (Fsp3) is 0.759. The molecular weight excluding hydrogens is 700 g/mol. The summed E-state index contributed by atoms with van der Waals surface area (Å²) in [6.07, 6.45) is 3.73. The van der Waals surface area contributed by atoms with Crippen molar-refractivity contribution in [3.8, 4) is 0 Å². The van der Waals surface area contributed by atoms with Gasteiger partial charge in [0.05, 0.1) is 25.2 Å². The molecule has 10 N–H and O–H groups in total. The van der Waals surface area contributed by atoms with Crippen LogP contribution in [-0.2, 0) is 33.9 Å². The third kappa shape index (κ3) is 18.2. The van der Waals surface area contributed by atoms with Crippen molar-refractivity contribution >= 4 is 53.5 Å². The molecular formula is C29H52N8O13S.